The number of halogens is 2. The van der Waals surface area contributed by atoms with Crippen LogP contribution in [0.1, 0.15) is 20.7 Å². The summed E-state index contributed by atoms with van der Waals surface area (Å²) in [5.41, 5.74) is 0.335. The van der Waals surface area contributed by atoms with E-state index in [0.717, 1.165) is 11.3 Å². The lowest BCUT2D eigenvalue weighted by Gasteiger charge is -2.06. The molecule has 0 unspecified atom stereocenters. The molecule has 2 rings (SSSR count). The molecule has 2 aromatic rings. The van der Waals surface area contributed by atoms with E-state index < -0.39 is 17.7 Å². The molecule has 0 radical (unpaired) electrons. The molecule has 0 bridgehead atoms. The summed E-state index contributed by atoms with van der Waals surface area (Å²) in [4.78, 5) is 22.9. The highest BCUT2D eigenvalue weighted by molar-refractivity contribution is 14.1. The molecule has 0 aliphatic heterocycles. The zero-order chi connectivity index (χ0) is 14.0. The molecular weight excluding hydrogens is 384 g/mol. The normalized spacial score (nSPS) is 10.2. The maximum atomic E-state index is 12.9. The van der Waals surface area contributed by atoms with Gasteiger partial charge in [-0.15, -0.1) is 11.3 Å². The summed E-state index contributed by atoms with van der Waals surface area (Å²) in [6.45, 7) is 0. The second-order valence-electron chi connectivity index (χ2n) is 3.55. The van der Waals surface area contributed by atoms with Crippen LogP contribution in [0.4, 0.5) is 9.39 Å². The Morgan fingerprint density at radius 3 is 2.63 bits per heavy atom. The fourth-order valence-electron chi connectivity index (χ4n) is 1.42. The predicted molar refractivity (Wildman–Crippen MR) is 78.3 cm³/mol. The van der Waals surface area contributed by atoms with Crippen molar-refractivity contribution in [1.82, 2.24) is 0 Å². The Morgan fingerprint density at radius 2 is 2.00 bits per heavy atom. The number of benzene rings is 1. The first-order chi connectivity index (χ1) is 8.99. The SMILES string of the molecule is O=C(Nc1sccc1C(=O)O)c1ccc(F)cc1I. The summed E-state index contributed by atoms with van der Waals surface area (Å²) in [7, 11) is 0. The maximum Gasteiger partial charge on any atom is 0.338 e. The van der Waals surface area contributed by atoms with Gasteiger partial charge in [-0.05, 0) is 52.2 Å². The molecule has 4 nitrogen and oxygen atoms in total. The van der Waals surface area contributed by atoms with Crippen LogP contribution in [-0.2, 0) is 0 Å². The first-order valence-corrected chi connectivity index (χ1v) is 7.02. The average Bonchev–Trinajstić information content (AvgIpc) is 2.76. The maximum absolute atomic E-state index is 12.9. The Kier molecular flexibility index (Phi) is 4.15. The van der Waals surface area contributed by atoms with E-state index in [-0.39, 0.29) is 10.6 Å². The number of thiophene rings is 1. The summed E-state index contributed by atoms with van der Waals surface area (Å²) in [5, 5.41) is 13.3. The third-order valence-electron chi connectivity index (χ3n) is 2.30. The van der Waals surface area contributed by atoms with Crippen LogP contribution in [-0.4, -0.2) is 17.0 Å². The number of amides is 1. The molecule has 0 spiro atoms. The van der Waals surface area contributed by atoms with Crippen LogP contribution in [0.25, 0.3) is 0 Å². The summed E-state index contributed by atoms with van der Waals surface area (Å²) >= 11 is 2.97. The van der Waals surface area contributed by atoms with Crippen LogP contribution in [0, 0.1) is 9.39 Å². The summed E-state index contributed by atoms with van der Waals surface area (Å²) in [5.74, 6) is -2.00. The molecule has 0 saturated carbocycles. The quantitative estimate of drug-likeness (QED) is 0.788. The average molecular weight is 391 g/mol. The van der Waals surface area contributed by atoms with Gasteiger partial charge in [-0.1, -0.05) is 0 Å². The van der Waals surface area contributed by atoms with E-state index in [1.54, 1.807) is 5.38 Å². The van der Waals surface area contributed by atoms with Gasteiger partial charge in [0.25, 0.3) is 5.91 Å². The lowest BCUT2D eigenvalue weighted by molar-refractivity contribution is 0.0698. The Hall–Kier alpha value is -1.48. The van der Waals surface area contributed by atoms with Gasteiger partial charge in [-0.3, -0.25) is 4.79 Å². The van der Waals surface area contributed by atoms with Crippen LogP contribution < -0.4 is 5.32 Å². The number of carbonyl (C=O) groups excluding carboxylic acids is 1. The molecule has 1 amide bonds. The van der Waals surface area contributed by atoms with Gasteiger partial charge >= 0.3 is 5.97 Å². The van der Waals surface area contributed by atoms with Gasteiger partial charge < -0.3 is 10.4 Å². The molecule has 0 aliphatic carbocycles. The number of aromatic carboxylic acids is 1. The molecule has 19 heavy (non-hydrogen) atoms. The Labute approximate surface area is 125 Å². The van der Waals surface area contributed by atoms with Crippen LogP contribution >= 0.6 is 33.9 Å². The van der Waals surface area contributed by atoms with E-state index in [9.17, 15) is 14.0 Å². The van der Waals surface area contributed by atoms with Crippen molar-refractivity contribution in [2.75, 3.05) is 5.32 Å². The number of carbonyl (C=O) groups is 2. The number of hydrogen-bond acceptors (Lipinski definition) is 3. The van der Waals surface area contributed by atoms with Gasteiger partial charge in [0.05, 0.1) is 11.1 Å². The molecule has 2 N–H and O–H groups in total. The molecule has 98 valence electrons. The van der Waals surface area contributed by atoms with E-state index in [1.807, 2.05) is 22.6 Å². The van der Waals surface area contributed by atoms with Crippen LogP contribution in [0.3, 0.4) is 0 Å². The molecule has 0 saturated heterocycles. The number of carboxylic acids is 1. The van der Waals surface area contributed by atoms with Gasteiger partial charge in [-0.25, -0.2) is 9.18 Å². The van der Waals surface area contributed by atoms with Crippen molar-refractivity contribution in [3.05, 3.63) is 50.2 Å². The molecule has 1 aromatic heterocycles. The largest absolute Gasteiger partial charge is 0.478 e. The van der Waals surface area contributed by atoms with E-state index in [2.05, 4.69) is 5.32 Å². The Morgan fingerprint density at radius 1 is 1.26 bits per heavy atom. The van der Waals surface area contributed by atoms with E-state index in [0.29, 0.717) is 9.13 Å². The lowest BCUT2D eigenvalue weighted by Crippen LogP contribution is -2.14. The number of carboxylic acid groups (broad SMARTS) is 1. The van der Waals surface area contributed by atoms with Crippen molar-refractivity contribution in [2.45, 2.75) is 0 Å². The highest BCUT2D eigenvalue weighted by Gasteiger charge is 2.16. The van der Waals surface area contributed by atoms with Crippen LogP contribution in [0.15, 0.2) is 29.6 Å². The minimum Gasteiger partial charge on any atom is -0.478 e. The molecule has 1 heterocycles. The second-order valence-corrected chi connectivity index (χ2v) is 5.63. The third kappa shape index (κ3) is 3.10. The molecule has 1 aromatic carbocycles. The first-order valence-electron chi connectivity index (χ1n) is 5.06. The zero-order valence-corrected chi connectivity index (χ0v) is 12.3. The highest BCUT2D eigenvalue weighted by Crippen LogP contribution is 2.24. The Bertz CT molecular complexity index is 656. The minimum absolute atomic E-state index is 0.0375. The van der Waals surface area contributed by atoms with E-state index in [1.165, 1.54) is 24.3 Å². The minimum atomic E-state index is -1.11. The monoisotopic (exact) mass is 391 g/mol. The molecule has 0 fully saturated rings. The summed E-state index contributed by atoms with van der Waals surface area (Å²) in [6.07, 6.45) is 0. The molecule has 0 aliphatic rings. The summed E-state index contributed by atoms with van der Waals surface area (Å²) < 4.78 is 13.4. The summed E-state index contributed by atoms with van der Waals surface area (Å²) in [6, 6.07) is 5.20. The molecular formula is C12H7FINO3S. The fraction of sp³-hybridized carbons (Fsp3) is 0. The van der Waals surface area contributed by atoms with Crippen molar-refractivity contribution in [3.63, 3.8) is 0 Å². The fourth-order valence-corrected chi connectivity index (χ4v) is 2.91. The van der Waals surface area contributed by atoms with Crippen molar-refractivity contribution < 1.29 is 19.1 Å². The zero-order valence-electron chi connectivity index (χ0n) is 9.31. The smallest absolute Gasteiger partial charge is 0.338 e. The van der Waals surface area contributed by atoms with Crippen LogP contribution in [0.2, 0.25) is 0 Å². The van der Waals surface area contributed by atoms with Crippen molar-refractivity contribution in [3.8, 4) is 0 Å². The van der Waals surface area contributed by atoms with E-state index >= 15 is 0 Å². The number of nitrogens with one attached hydrogen (secondary N) is 1. The van der Waals surface area contributed by atoms with E-state index in [4.69, 9.17) is 5.11 Å². The standard InChI is InChI=1S/C12H7FINO3S/c13-6-1-2-7(9(14)5-6)10(16)15-11-8(12(17)18)3-4-19-11/h1-5H,(H,15,16)(H,17,18). The first kappa shape index (κ1) is 13.9. The topological polar surface area (TPSA) is 66.4 Å². The highest BCUT2D eigenvalue weighted by atomic mass is 127. The predicted octanol–water partition coefficient (Wildman–Crippen LogP) is 3.44. The van der Waals surface area contributed by atoms with Crippen molar-refractivity contribution in [2.24, 2.45) is 0 Å². The second kappa shape index (κ2) is 5.66. The van der Waals surface area contributed by atoms with Crippen molar-refractivity contribution in [1.29, 1.82) is 0 Å². The number of rotatable bonds is 3. The Balaban J connectivity index is 2.26. The molecule has 7 heteroatoms. The van der Waals surface area contributed by atoms with Crippen LogP contribution in [0.5, 0.6) is 0 Å². The molecule has 0 atom stereocenters. The number of hydrogen-bond donors (Lipinski definition) is 2. The third-order valence-corrected chi connectivity index (χ3v) is 4.02. The number of anilines is 1. The lowest BCUT2D eigenvalue weighted by atomic mass is 10.2. The van der Waals surface area contributed by atoms with Gasteiger partial charge in [-0.2, -0.15) is 0 Å². The van der Waals surface area contributed by atoms with Gasteiger partial charge in [0, 0.05) is 3.57 Å². The van der Waals surface area contributed by atoms with Gasteiger partial charge in [0.2, 0.25) is 0 Å². The van der Waals surface area contributed by atoms with Crippen molar-refractivity contribution >= 4 is 50.8 Å². The van der Waals surface area contributed by atoms with Gasteiger partial charge in [0.15, 0.2) is 0 Å². The van der Waals surface area contributed by atoms with Gasteiger partial charge in [0.1, 0.15) is 10.8 Å².